The van der Waals surface area contributed by atoms with E-state index < -0.39 is 29.9 Å². The van der Waals surface area contributed by atoms with E-state index in [1.54, 1.807) is 6.92 Å². The molecular weight excluding hydrogens is 560 g/mol. The van der Waals surface area contributed by atoms with Crippen LogP contribution in [0.3, 0.4) is 0 Å². The third kappa shape index (κ3) is 14.2. The number of rotatable bonds is 22. The van der Waals surface area contributed by atoms with Crippen molar-refractivity contribution >= 4 is 17.5 Å². The van der Waals surface area contributed by atoms with Gasteiger partial charge in [-0.15, -0.1) is 0 Å². The van der Waals surface area contributed by atoms with Gasteiger partial charge in [0.15, 0.2) is 0 Å². The second kappa shape index (κ2) is 19.1. The van der Waals surface area contributed by atoms with Gasteiger partial charge in [-0.1, -0.05) is 60.6 Å². The van der Waals surface area contributed by atoms with Crippen molar-refractivity contribution in [2.24, 2.45) is 41.4 Å². The quantitative estimate of drug-likeness (QED) is 0.0803. The molecule has 1 heterocycles. The first kappa shape index (κ1) is 40.4. The molecule has 1 saturated heterocycles. The lowest BCUT2D eigenvalue weighted by molar-refractivity contribution is -0.137. The standard InChI is InChI=1S/C36H64O8/c1-22(18-26(5)31(38)21-32(39)27(6)19-24(3)17-23(2)13-14-34(41)42)11-10-12-25(4)35(43)28(7)33(40)20-30-15-16-36(9,44-30)29(8)37/h10,12,22-30,33,35,37,40,43H,11,13-21H2,1-9H3,(H,41,42)/t22-,23-,24+,25-,26-,27+,28+,29-,30-,33+,35-,36+/m1/s1. The summed E-state index contributed by atoms with van der Waals surface area (Å²) >= 11 is 0. The lowest BCUT2D eigenvalue weighted by Crippen LogP contribution is -2.39. The summed E-state index contributed by atoms with van der Waals surface area (Å²) in [6.45, 7) is 17.4. The van der Waals surface area contributed by atoms with Gasteiger partial charge >= 0.3 is 5.97 Å². The lowest BCUT2D eigenvalue weighted by Gasteiger charge is -2.31. The first-order valence-electron chi connectivity index (χ1n) is 17.0. The number of carboxylic acids is 1. The topological polar surface area (TPSA) is 141 Å². The number of aliphatic carboxylic acids is 1. The van der Waals surface area contributed by atoms with E-state index in [4.69, 9.17) is 9.84 Å². The number of ketones is 2. The zero-order valence-corrected chi connectivity index (χ0v) is 29.0. The minimum absolute atomic E-state index is 0.0185. The number of aliphatic hydroxyl groups is 3. The SMILES string of the molecule is C[C@H](CCC(=O)O)C[C@H](C)C[C@H](C)C(=O)CC(=O)[C@H](C)C[C@H](C)CC=C[C@@H](C)[C@@H](O)[C@@H](C)[C@@H](O)C[C@H]1CC[C@@](C)([C@@H](C)O)O1. The number of allylic oxidation sites excluding steroid dienone is 1. The predicted molar refractivity (Wildman–Crippen MR) is 174 cm³/mol. The van der Waals surface area contributed by atoms with E-state index in [-0.39, 0.29) is 71.9 Å². The highest BCUT2D eigenvalue weighted by Crippen LogP contribution is 2.36. The zero-order valence-electron chi connectivity index (χ0n) is 29.0. The molecule has 4 N–H and O–H groups in total. The van der Waals surface area contributed by atoms with Crippen LogP contribution in [0, 0.1) is 41.4 Å². The molecule has 0 spiro atoms. The van der Waals surface area contributed by atoms with Gasteiger partial charge in [0.05, 0.1) is 36.4 Å². The van der Waals surface area contributed by atoms with E-state index >= 15 is 0 Å². The fourth-order valence-electron chi connectivity index (χ4n) is 6.61. The molecule has 0 amide bonds. The summed E-state index contributed by atoms with van der Waals surface area (Å²) in [6, 6.07) is 0. The normalized spacial score (nSPS) is 25.9. The molecule has 0 bridgehead atoms. The maximum atomic E-state index is 12.8. The molecule has 12 atom stereocenters. The molecule has 1 fully saturated rings. The number of carbonyl (C=O) groups excluding carboxylic acids is 2. The molecule has 0 aromatic carbocycles. The molecule has 1 aliphatic rings. The van der Waals surface area contributed by atoms with Crippen molar-refractivity contribution in [1.29, 1.82) is 0 Å². The maximum absolute atomic E-state index is 12.8. The number of carboxylic acid groups (broad SMARTS) is 1. The van der Waals surface area contributed by atoms with Crippen LogP contribution in [0.5, 0.6) is 0 Å². The van der Waals surface area contributed by atoms with Gasteiger partial charge in [0.1, 0.15) is 11.6 Å². The molecule has 8 nitrogen and oxygen atoms in total. The number of carbonyl (C=O) groups is 3. The Morgan fingerprint density at radius 2 is 1.43 bits per heavy atom. The molecule has 0 aromatic rings. The second-order valence-corrected chi connectivity index (χ2v) is 14.8. The minimum atomic E-state index is -0.783. The van der Waals surface area contributed by atoms with Gasteiger partial charge in [0.2, 0.25) is 0 Å². The van der Waals surface area contributed by atoms with E-state index in [0.29, 0.717) is 25.7 Å². The van der Waals surface area contributed by atoms with E-state index in [2.05, 4.69) is 13.8 Å². The summed E-state index contributed by atoms with van der Waals surface area (Å²) in [4.78, 5) is 36.4. The molecule has 1 aliphatic heterocycles. The van der Waals surface area contributed by atoms with Crippen LogP contribution >= 0.6 is 0 Å². The fourth-order valence-corrected chi connectivity index (χ4v) is 6.61. The monoisotopic (exact) mass is 624 g/mol. The number of ether oxygens (including phenoxy) is 1. The average molecular weight is 625 g/mol. The molecule has 256 valence electrons. The van der Waals surface area contributed by atoms with E-state index in [0.717, 1.165) is 25.7 Å². The zero-order chi connectivity index (χ0) is 33.8. The van der Waals surface area contributed by atoms with Gasteiger partial charge in [-0.25, -0.2) is 0 Å². The molecule has 0 radical (unpaired) electrons. The van der Waals surface area contributed by atoms with Gasteiger partial charge in [-0.2, -0.15) is 0 Å². The molecule has 8 heteroatoms. The molecule has 0 aliphatic carbocycles. The summed E-state index contributed by atoms with van der Waals surface area (Å²) < 4.78 is 6.02. The summed E-state index contributed by atoms with van der Waals surface area (Å²) in [6.07, 6.45) is 7.57. The third-order valence-electron chi connectivity index (χ3n) is 10.1. The van der Waals surface area contributed by atoms with Crippen molar-refractivity contribution in [2.75, 3.05) is 0 Å². The van der Waals surface area contributed by atoms with Gasteiger partial charge in [-0.3, -0.25) is 14.4 Å². The molecular formula is C36H64O8. The third-order valence-corrected chi connectivity index (χ3v) is 10.1. The fraction of sp³-hybridized carbons (Fsp3) is 0.861. The Morgan fingerprint density at radius 1 is 0.864 bits per heavy atom. The Balaban J connectivity index is 2.43. The second-order valence-electron chi connectivity index (χ2n) is 14.8. The summed E-state index contributed by atoms with van der Waals surface area (Å²) in [5.41, 5.74) is -0.584. The Morgan fingerprint density at radius 3 is 1.95 bits per heavy atom. The van der Waals surface area contributed by atoms with Crippen LogP contribution < -0.4 is 0 Å². The van der Waals surface area contributed by atoms with Crippen LogP contribution in [-0.2, 0) is 19.1 Å². The van der Waals surface area contributed by atoms with Crippen molar-refractivity contribution in [3.8, 4) is 0 Å². The van der Waals surface area contributed by atoms with Crippen LogP contribution in [0.25, 0.3) is 0 Å². The van der Waals surface area contributed by atoms with Crippen molar-refractivity contribution in [3.63, 3.8) is 0 Å². The van der Waals surface area contributed by atoms with Crippen LogP contribution in [-0.4, -0.2) is 68.0 Å². The molecule has 0 aromatic heterocycles. The van der Waals surface area contributed by atoms with Gasteiger partial charge < -0.3 is 25.2 Å². The summed E-state index contributed by atoms with van der Waals surface area (Å²) in [7, 11) is 0. The van der Waals surface area contributed by atoms with Crippen molar-refractivity contribution in [1.82, 2.24) is 0 Å². The molecule has 0 saturated carbocycles. The van der Waals surface area contributed by atoms with Crippen LogP contribution in [0.1, 0.15) is 127 Å². The first-order chi connectivity index (χ1) is 20.4. The Kier molecular flexibility index (Phi) is 17.6. The Bertz CT molecular complexity index is 916. The first-order valence-corrected chi connectivity index (χ1v) is 17.0. The van der Waals surface area contributed by atoms with Gasteiger partial charge in [-0.05, 0) is 83.0 Å². The smallest absolute Gasteiger partial charge is 0.303 e. The van der Waals surface area contributed by atoms with E-state index in [1.165, 1.54) is 0 Å². The van der Waals surface area contributed by atoms with Crippen molar-refractivity contribution < 1.29 is 39.5 Å². The highest BCUT2D eigenvalue weighted by Gasteiger charge is 2.41. The average Bonchev–Trinajstić information content (AvgIpc) is 3.32. The highest BCUT2D eigenvalue weighted by atomic mass is 16.5. The number of Topliss-reactive ketones (excluding diaryl/α,β-unsaturated/α-hetero) is 2. The lowest BCUT2D eigenvalue weighted by atomic mass is 9.83. The number of hydrogen-bond acceptors (Lipinski definition) is 7. The Hall–Kier alpha value is -1.61. The van der Waals surface area contributed by atoms with Gasteiger partial charge in [0.25, 0.3) is 0 Å². The molecule has 44 heavy (non-hydrogen) atoms. The minimum Gasteiger partial charge on any atom is -0.481 e. The largest absolute Gasteiger partial charge is 0.481 e. The van der Waals surface area contributed by atoms with E-state index in [1.807, 2.05) is 53.7 Å². The van der Waals surface area contributed by atoms with Gasteiger partial charge in [0, 0.05) is 30.1 Å². The molecule has 1 rings (SSSR count). The highest BCUT2D eigenvalue weighted by molar-refractivity contribution is 6.00. The maximum Gasteiger partial charge on any atom is 0.303 e. The van der Waals surface area contributed by atoms with Crippen molar-refractivity contribution in [2.45, 2.75) is 157 Å². The molecule has 0 unspecified atom stereocenters. The van der Waals surface area contributed by atoms with Crippen LogP contribution in [0.2, 0.25) is 0 Å². The number of aliphatic hydroxyl groups excluding tert-OH is 3. The van der Waals surface area contributed by atoms with E-state index in [9.17, 15) is 29.7 Å². The van der Waals surface area contributed by atoms with Crippen molar-refractivity contribution in [3.05, 3.63) is 12.2 Å². The summed E-state index contributed by atoms with van der Waals surface area (Å²) in [5, 5.41) is 40.5. The van der Waals surface area contributed by atoms with Crippen LogP contribution in [0.15, 0.2) is 12.2 Å². The Labute approximate surface area is 267 Å². The van der Waals surface area contributed by atoms with Crippen LogP contribution in [0.4, 0.5) is 0 Å². The summed E-state index contributed by atoms with van der Waals surface area (Å²) in [5.74, 6) is -0.914. The number of hydrogen-bond donors (Lipinski definition) is 4. The predicted octanol–water partition coefficient (Wildman–Crippen LogP) is 6.38.